The molecule has 0 aliphatic rings. The number of carboxylic acids is 1. The van der Waals surface area contributed by atoms with Crippen molar-refractivity contribution in [1.82, 2.24) is 4.72 Å². The fraction of sp³-hybridized carbons (Fsp3) is 0.300. The fourth-order valence-electron chi connectivity index (χ4n) is 1.27. The maximum atomic E-state index is 11.0. The van der Waals surface area contributed by atoms with Gasteiger partial charge in [0.25, 0.3) is 0 Å². The Labute approximate surface area is 94.2 Å². The predicted molar refractivity (Wildman–Crippen MR) is 59.7 cm³/mol. The number of hydrogen-bond donors (Lipinski definition) is 2. The molecule has 0 amide bonds. The number of sulfonamides is 1. The van der Waals surface area contributed by atoms with Gasteiger partial charge in [0.15, 0.2) is 0 Å². The van der Waals surface area contributed by atoms with Crippen molar-refractivity contribution in [3.05, 3.63) is 35.9 Å². The first kappa shape index (κ1) is 12.7. The predicted octanol–water partition coefficient (Wildman–Crippen LogP) is 0.404. The second kappa shape index (κ2) is 5.09. The van der Waals surface area contributed by atoms with E-state index in [0.717, 1.165) is 6.26 Å². The SMILES string of the molecule is CS(=O)(=O)NCC(C(=O)O)c1ccccc1. The van der Waals surface area contributed by atoms with E-state index < -0.39 is 21.9 Å². The van der Waals surface area contributed by atoms with E-state index in [1.165, 1.54) is 0 Å². The maximum Gasteiger partial charge on any atom is 0.312 e. The highest BCUT2D eigenvalue weighted by Crippen LogP contribution is 2.14. The first-order chi connectivity index (χ1) is 7.40. The van der Waals surface area contributed by atoms with Crippen molar-refractivity contribution >= 4 is 16.0 Å². The van der Waals surface area contributed by atoms with Crippen LogP contribution in [0.1, 0.15) is 11.5 Å². The molecule has 0 saturated carbocycles. The van der Waals surface area contributed by atoms with Crippen LogP contribution in [0.25, 0.3) is 0 Å². The second-order valence-corrected chi connectivity index (χ2v) is 5.26. The monoisotopic (exact) mass is 243 g/mol. The number of aliphatic carboxylic acids is 1. The fourth-order valence-corrected chi connectivity index (χ4v) is 1.74. The minimum absolute atomic E-state index is 0.141. The molecule has 1 rings (SSSR count). The molecule has 0 aromatic heterocycles. The molecule has 0 radical (unpaired) electrons. The summed E-state index contributed by atoms with van der Waals surface area (Å²) in [5.74, 6) is -1.92. The standard InChI is InChI=1S/C10H13NO4S/c1-16(14,15)11-7-9(10(12)13)8-5-3-2-4-6-8/h2-6,9,11H,7H2,1H3,(H,12,13). The topological polar surface area (TPSA) is 83.5 Å². The van der Waals surface area contributed by atoms with Gasteiger partial charge < -0.3 is 5.11 Å². The van der Waals surface area contributed by atoms with E-state index >= 15 is 0 Å². The van der Waals surface area contributed by atoms with Gasteiger partial charge in [0.05, 0.1) is 12.2 Å². The van der Waals surface area contributed by atoms with Gasteiger partial charge in [-0.2, -0.15) is 0 Å². The van der Waals surface area contributed by atoms with Crippen molar-refractivity contribution < 1.29 is 18.3 Å². The molecule has 1 aromatic carbocycles. The van der Waals surface area contributed by atoms with E-state index in [-0.39, 0.29) is 6.54 Å². The van der Waals surface area contributed by atoms with Gasteiger partial charge in [-0.25, -0.2) is 13.1 Å². The van der Waals surface area contributed by atoms with Gasteiger partial charge in [-0.15, -0.1) is 0 Å². The van der Waals surface area contributed by atoms with E-state index in [1.54, 1.807) is 30.3 Å². The molecule has 1 aromatic rings. The van der Waals surface area contributed by atoms with Gasteiger partial charge in [0, 0.05) is 6.54 Å². The molecule has 1 atom stereocenters. The third-order valence-electron chi connectivity index (χ3n) is 2.05. The number of carbonyl (C=O) groups is 1. The third-order valence-corrected chi connectivity index (χ3v) is 2.74. The molecule has 0 aliphatic heterocycles. The molecule has 0 fully saturated rings. The molecule has 6 heteroatoms. The summed E-state index contributed by atoms with van der Waals surface area (Å²) in [6.07, 6.45) is 0.997. The Morgan fingerprint density at radius 2 is 1.94 bits per heavy atom. The molecule has 0 aliphatic carbocycles. The third kappa shape index (κ3) is 4.00. The van der Waals surface area contributed by atoms with Gasteiger partial charge in [-0.05, 0) is 5.56 Å². The van der Waals surface area contributed by atoms with E-state index in [1.807, 2.05) is 0 Å². The van der Waals surface area contributed by atoms with Crippen LogP contribution in [0.2, 0.25) is 0 Å². The summed E-state index contributed by atoms with van der Waals surface area (Å²) >= 11 is 0. The summed E-state index contributed by atoms with van der Waals surface area (Å²) in [6.45, 7) is -0.141. The molecule has 2 N–H and O–H groups in total. The van der Waals surface area contributed by atoms with Crippen LogP contribution >= 0.6 is 0 Å². The zero-order valence-corrected chi connectivity index (χ0v) is 9.57. The molecule has 0 saturated heterocycles. The van der Waals surface area contributed by atoms with Crippen LogP contribution in [0.15, 0.2) is 30.3 Å². The smallest absolute Gasteiger partial charge is 0.312 e. The van der Waals surface area contributed by atoms with E-state index in [9.17, 15) is 13.2 Å². The summed E-state index contributed by atoms with van der Waals surface area (Å²) in [7, 11) is -3.37. The van der Waals surface area contributed by atoms with Gasteiger partial charge in [0.1, 0.15) is 0 Å². The second-order valence-electron chi connectivity index (χ2n) is 3.42. The van der Waals surface area contributed by atoms with Gasteiger partial charge in [-0.3, -0.25) is 4.79 Å². The zero-order valence-electron chi connectivity index (χ0n) is 8.75. The van der Waals surface area contributed by atoms with Crippen LogP contribution in [0.4, 0.5) is 0 Å². The molecule has 1 unspecified atom stereocenters. The highest BCUT2D eigenvalue weighted by molar-refractivity contribution is 7.88. The van der Waals surface area contributed by atoms with Crippen molar-refractivity contribution in [1.29, 1.82) is 0 Å². The average Bonchev–Trinajstić information content (AvgIpc) is 2.17. The minimum Gasteiger partial charge on any atom is -0.481 e. The lowest BCUT2D eigenvalue weighted by Crippen LogP contribution is -2.30. The van der Waals surface area contributed by atoms with Crippen LogP contribution in [0.5, 0.6) is 0 Å². The first-order valence-electron chi connectivity index (χ1n) is 4.62. The van der Waals surface area contributed by atoms with Crippen molar-refractivity contribution in [3.63, 3.8) is 0 Å². The number of nitrogens with one attached hydrogen (secondary N) is 1. The summed E-state index contributed by atoms with van der Waals surface area (Å²) in [5, 5.41) is 8.99. The van der Waals surface area contributed by atoms with E-state index in [4.69, 9.17) is 5.11 Å². The van der Waals surface area contributed by atoms with E-state index in [2.05, 4.69) is 4.72 Å². The quantitative estimate of drug-likeness (QED) is 0.784. The Balaban J connectivity index is 2.81. The van der Waals surface area contributed by atoms with Crippen LogP contribution < -0.4 is 4.72 Å². The molecule has 0 bridgehead atoms. The van der Waals surface area contributed by atoms with Crippen molar-refractivity contribution in [2.24, 2.45) is 0 Å². The molecular formula is C10H13NO4S. The number of hydrogen-bond acceptors (Lipinski definition) is 3. The molecule has 0 spiro atoms. The molecular weight excluding hydrogens is 230 g/mol. The van der Waals surface area contributed by atoms with Crippen molar-refractivity contribution in [2.45, 2.75) is 5.92 Å². The van der Waals surface area contributed by atoms with Gasteiger partial charge in [0.2, 0.25) is 10.0 Å². The first-order valence-corrected chi connectivity index (χ1v) is 6.51. The van der Waals surface area contributed by atoms with Crippen LogP contribution in [0.3, 0.4) is 0 Å². The lowest BCUT2D eigenvalue weighted by Gasteiger charge is -2.12. The van der Waals surface area contributed by atoms with Gasteiger partial charge in [-0.1, -0.05) is 30.3 Å². The van der Waals surface area contributed by atoms with E-state index in [0.29, 0.717) is 5.56 Å². The highest BCUT2D eigenvalue weighted by Gasteiger charge is 2.20. The number of benzene rings is 1. The molecule has 16 heavy (non-hydrogen) atoms. The molecule has 5 nitrogen and oxygen atoms in total. The lowest BCUT2D eigenvalue weighted by atomic mass is 10.00. The summed E-state index contributed by atoms with van der Waals surface area (Å²) < 4.78 is 24.0. The van der Waals surface area contributed by atoms with Crippen molar-refractivity contribution in [3.8, 4) is 0 Å². The number of carboxylic acid groups (broad SMARTS) is 1. The molecule has 0 heterocycles. The maximum absolute atomic E-state index is 11.0. The summed E-state index contributed by atoms with van der Waals surface area (Å²) in [4.78, 5) is 11.0. The molecule has 88 valence electrons. The largest absolute Gasteiger partial charge is 0.481 e. The van der Waals surface area contributed by atoms with Crippen LogP contribution in [0, 0.1) is 0 Å². The zero-order chi connectivity index (χ0) is 12.2. The van der Waals surface area contributed by atoms with Gasteiger partial charge >= 0.3 is 5.97 Å². The summed E-state index contributed by atoms with van der Waals surface area (Å²) in [6, 6.07) is 8.51. The Hall–Kier alpha value is -1.40. The highest BCUT2D eigenvalue weighted by atomic mass is 32.2. The summed E-state index contributed by atoms with van der Waals surface area (Å²) in [5.41, 5.74) is 0.575. The van der Waals surface area contributed by atoms with Crippen LogP contribution in [-0.4, -0.2) is 32.3 Å². The normalized spacial score (nSPS) is 13.3. The Morgan fingerprint density at radius 1 is 1.38 bits per heavy atom. The lowest BCUT2D eigenvalue weighted by molar-refractivity contribution is -0.138. The van der Waals surface area contributed by atoms with Crippen LogP contribution in [-0.2, 0) is 14.8 Å². The number of rotatable bonds is 5. The Kier molecular flexibility index (Phi) is 4.03. The minimum atomic E-state index is -3.37. The van der Waals surface area contributed by atoms with Crippen molar-refractivity contribution in [2.75, 3.05) is 12.8 Å². The average molecular weight is 243 g/mol. The Morgan fingerprint density at radius 3 is 2.38 bits per heavy atom. The Bertz CT molecular complexity index is 455.